The molecule has 4 rings (SSSR count). The smallest absolute Gasteiger partial charge is 0.163 e. The van der Waals surface area contributed by atoms with Gasteiger partial charge in [0, 0.05) is 37.6 Å². The second-order valence-corrected chi connectivity index (χ2v) is 6.93. The summed E-state index contributed by atoms with van der Waals surface area (Å²) in [4.78, 5) is 15.5. The molecule has 150 valence electrons. The van der Waals surface area contributed by atoms with Crippen LogP contribution in [0.1, 0.15) is 5.56 Å². The van der Waals surface area contributed by atoms with E-state index in [1.165, 1.54) is 11.6 Å². The summed E-state index contributed by atoms with van der Waals surface area (Å²) in [7, 11) is 1.99. The molecule has 4 aromatic rings. The van der Waals surface area contributed by atoms with Crippen molar-refractivity contribution in [1.29, 1.82) is 0 Å². The number of halogens is 1. The van der Waals surface area contributed by atoms with Crippen molar-refractivity contribution in [2.45, 2.75) is 6.42 Å². The minimum atomic E-state index is -0.329. The van der Waals surface area contributed by atoms with Crippen LogP contribution in [0, 0.1) is 5.82 Å². The van der Waals surface area contributed by atoms with Gasteiger partial charge in [0.05, 0.1) is 5.69 Å². The van der Waals surface area contributed by atoms with Crippen LogP contribution in [0.15, 0.2) is 85.2 Å². The monoisotopic (exact) mass is 399 g/mol. The van der Waals surface area contributed by atoms with Crippen LogP contribution < -0.4 is 10.2 Å². The Kier molecular flexibility index (Phi) is 5.94. The van der Waals surface area contributed by atoms with E-state index < -0.39 is 0 Å². The quantitative estimate of drug-likeness (QED) is 0.469. The molecule has 2 aromatic carbocycles. The first-order valence-electron chi connectivity index (χ1n) is 9.75. The van der Waals surface area contributed by atoms with E-state index in [1.807, 2.05) is 55.6 Å². The van der Waals surface area contributed by atoms with Crippen molar-refractivity contribution in [2.24, 2.45) is 0 Å². The standard InChI is InChI=1S/C24H22FN5/c1-30(16-13-18-11-14-26-15-12-18)23-17-22(27-21-10-6-5-9-20(21)25)28-24(29-23)19-7-3-2-4-8-19/h2-12,14-15,17H,13,16H2,1H3,(H,27,28,29). The molecule has 0 spiro atoms. The molecule has 0 saturated heterocycles. The molecule has 0 saturated carbocycles. The summed E-state index contributed by atoms with van der Waals surface area (Å²) in [6.45, 7) is 0.772. The van der Waals surface area contributed by atoms with Gasteiger partial charge in [0.1, 0.15) is 17.5 Å². The SMILES string of the molecule is CN(CCc1ccncc1)c1cc(Nc2ccccc2F)nc(-c2ccccc2)n1. The van der Waals surface area contributed by atoms with E-state index in [1.54, 1.807) is 30.6 Å². The third-order valence-electron chi connectivity index (χ3n) is 4.76. The van der Waals surface area contributed by atoms with Crippen LogP contribution >= 0.6 is 0 Å². The number of pyridine rings is 1. The minimum absolute atomic E-state index is 0.329. The Morgan fingerprint density at radius 1 is 0.900 bits per heavy atom. The van der Waals surface area contributed by atoms with E-state index in [-0.39, 0.29) is 5.82 Å². The highest BCUT2D eigenvalue weighted by molar-refractivity contribution is 5.65. The van der Waals surface area contributed by atoms with Gasteiger partial charge >= 0.3 is 0 Å². The molecule has 2 aromatic heterocycles. The van der Waals surface area contributed by atoms with E-state index in [2.05, 4.69) is 20.2 Å². The number of benzene rings is 2. The number of hydrogen-bond acceptors (Lipinski definition) is 5. The van der Waals surface area contributed by atoms with E-state index in [9.17, 15) is 4.39 Å². The zero-order valence-electron chi connectivity index (χ0n) is 16.7. The maximum Gasteiger partial charge on any atom is 0.163 e. The summed E-state index contributed by atoms with van der Waals surface area (Å²) in [5.41, 5.74) is 2.48. The average Bonchev–Trinajstić information content (AvgIpc) is 2.80. The third kappa shape index (κ3) is 4.78. The van der Waals surface area contributed by atoms with Crippen LogP contribution in [-0.2, 0) is 6.42 Å². The second-order valence-electron chi connectivity index (χ2n) is 6.93. The van der Waals surface area contributed by atoms with Gasteiger partial charge in [0.25, 0.3) is 0 Å². The fourth-order valence-corrected chi connectivity index (χ4v) is 3.07. The number of para-hydroxylation sites is 1. The van der Waals surface area contributed by atoms with E-state index in [0.717, 1.165) is 24.3 Å². The summed E-state index contributed by atoms with van der Waals surface area (Å²) >= 11 is 0. The van der Waals surface area contributed by atoms with Crippen molar-refractivity contribution in [1.82, 2.24) is 15.0 Å². The summed E-state index contributed by atoms with van der Waals surface area (Å²) in [5.74, 6) is 1.56. The van der Waals surface area contributed by atoms with Crippen LogP contribution in [0.2, 0.25) is 0 Å². The Bertz CT molecular complexity index is 1100. The molecular weight excluding hydrogens is 377 g/mol. The molecule has 0 aliphatic carbocycles. The highest BCUT2D eigenvalue weighted by Crippen LogP contribution is 2.25. The number of aromatic nitrogens is 3. The third-order valence-corrected chi connectivity index (χ3v) is 4.76. The Morgan fingerprint density at radius 2 is 1.63 bits per heavy atom. The molecule has 6 heteroatoms. The number of likely N-dealkylation sites (N-methyl/N-ethyl adjacent to an activating group) is 1. The maximum atomic E-state index is 14.1. The lowest BCUT2D eigenvalue weighted by Gasteiger charge is -2.20. The summed E-state index contributed by atoms with van der Waals surface area (Å²) < 4.78 is 14.1. The molecule has 0 aliphatic heterocycles. The normalized spacial score (nSPS) is 10.6. The van der Waals surface area contributed by atoms with E-state index >= 15 is 0 Å². The summed E-state index contributed by atoms with van der Waals surface area (Å²) in [6.07, 6.45) is 4.45. The van der Waals surface area contributed by atoms with E-state index in [4.69, 9.17) is 4.98 Å². The zero-order valence-corrected chi connectivity index (χ0v) is 16.7. The van der Waals surface area contributed by atoms with Gasteiger partial charge in [0.15, 0.2) is 5.82 Å². The molecule has 0 radical (unpaired) electrons. The van der Waals surface area contributed by atoms with Crippen molar-refractivity contribution >= 4 is 17.3 Å². The Labute approximate surface area is 175 Å². The fraction of sp³-hybridized carbons (Fsp3) is 0.125. The van der Waals surface area contributed by atoms with Crippen molar-refractivity contribution in [3.8, 4) is 11.4 Å². The second kappa shape index (κ2) is 9.13. The largest absolute Gasteiger partial charge is 0.359 e. The van der Waals surface area contributed by atoms with Gasteiger partial charge < -0.3 is 10.2 Å². The van der Waals surface area contributed by atoms with Gasteiger partial charge in [-0.15, -0.1) is 0 Å². The highest BCUT2D eigenvalue weighted by Gasteiger charge is 2.12. The Hall–Kier alpha value is -3.80. The van der Waals surface area contributed by atoms with Gasteiger partial charge in [-0.3, -0.25) is 4.98 Å². The first kappa shape index (κ1) is 19.5. The van der Waals surface area contributed by atoms with E-state index in [0.29, 0.717) is 17.3 Å². The molecule has 0 aliphatic rings. The van der Waals surface area contributed by atoms with Crippen LogP contribution in [0.5, 0.6) is 0 Å². The number of nitrogens with zero attached hydrogens (tertiary/aromatic N) is 4. The first-order chi connectivity index (χ1) is 14.7. The molecule has 30 heavy (non-hydrogen) atoms. The van der Waals surface area contributed by atoms with Crippen LogP contribution in [-0.4, -0.2) is 28.5 Å². The van der Waals surface area contributed by atoms with Crippen LogP contribution in [0.4, 0.5) is 21.7 Å². The van der Waals surface area contributed by atoms with Gasteiger partial charge in [-0.2, -0.15) is 0 Å². The highest BCUT2D eigenvalue weighted by atomic mass is 19.1. The van der Waals surface area contributed by atoms with Gasteiger partial charge in [-0.1, -0.05) is 42.5 Å². The lowest BCUT2D eigenvalue weighted by Crippen LogP contribution is -2.22. The molecular formula is C24H22FN5. The molecule has 0 fully saturated rings. The van der Waals surface area contributed by atoms with Crippen molar-refractivity contribution in [2.75, 3.05) is 23.8 Å². The summed E-state index contributed by atoms with van der Waals surface area (Å²) in [6, 6.07) is 22.2. The first-order valence-corrected chi connectivity index (χ1v) is 9.75. The number of rotatable bonds is 7. The van der Waals surface area contributed by atoms with Gasteiger partial charge in [-0.25, -0.2) is 14.4 Å². The number of nitrogens with one attached hydrogen (secondary N) is 1. The molecule has 0 unspecified atom stereocenters. The molecule has 2 heterocycles. The zero-order chi connectivity index (χ0) is 20.8. The molecule has 1 N–H and O–H groups in total. The molecule has 0 atom stereocenters. The molecule has 0 amide bonds. The topological polar surface area (TPSA) is 53.9 Å². The van der Waals surface area contributed by atoms with Crippen molar-refractivity contribution in [3.63, 3.8) is 0 Å². The predicted molar refractivity (Wildman–Crippen MR) is 118 cm³/mol. The molecule has 0 bridgehead atoms. The maximum absolute atomic E-state index is 14.1. The van der Waals surface area contributed by atoms with Crippen LogP contribution in [0.3, 0.4) is 0 Å². The Morgan fingerprint density at radius 3 is 2.40 bits per heavy atom. The minimum Gasteiger partial charge on any atom is -0.359 e. The van der Waals surface area contributed by atoms with Gasteiger partial charge in [0.2, 0.25) is 0 Å². The molecule has 5 nitrogen and oxygen atoms in total. The van der Waals surface area contributed by atoms with Crippen molar-refractivity contribution in [3.05, 3.63) is 96.6 Å². The predicted octanol–water partition coefficient (Wildman–Crippen LogP) is 5.10. The van der Waals surface area contributed by atoms with Gasteiger partial charge in [-0.05, 0) is 36.2 Å². The fourth-order valence-electron chi connectivity index (χ4n) is 3.07. The number of hydrogen-bond donors (Lipinski definition) is 1. The van der Waals surface area contributed by atoms with Crippen molar-refractivity contribution < 1.29 is 4.39 Å². The summed E-state index contributed by atoms with van der Waals surface area (Å²) in [5, 5.41) is 3.09. The number of anilines is 3. The van der Waals surface area contributed by atoms with Crippen LogP contribution in [0.25, 0.3) is 11.4 Å². The average molecular weight is 399 g/mol. The lowest BCUT2D eigenvalue weighted by molar-refractivity contribution is 0.632. The Balaban J connectivity index is 1.64. The lowest BCUT2D eigenvalue weighted by atomic mass is 10.2.